The van der Waals surface area contributed by atoms with Crippen molar-refractivity contribution in [1.29, 1.82) is 0 Å². The molecule has 0 unspecified atom stereocenters. The van der Waals surface area contributed by atoms with Gasteiger partial charge in [0.25, 0.3) is 5.91 Å². The van der Waals surface area contributed by atoms with E-state index in [-0.39, 0.29) is 18.1 Å². The van der Waals surface area contributed by atoms with Crippen LogP contribution in [-0.4, -0.2) is 34.2 Å². The summed E-state index contributed by atoms with van der Waals surface area (Å²) in [6.45, 7) is 4.76. The molecule has 27 heavy (non-hydrogen) atoms. The first kappa shape index (κ1) is 17.5. The van der Waals surface area contributed by atoms with E-state index in [1.165, 1.54) is 0 Å². The van der Waals surface area contributed by atoms with Gasteiger partial charge in [-0.2, -0.15) is 0 Å². The molecule has 0 radical (unpaired) electrons. The molecule has 1 aliphatic heterocycles. The smallest absolute Gasteiger partial charge is 0.276 e. The number of likely N-dealkylation sites (tertiary alicyclic amines) is 1. The largest absolute Gasteiger partial charge is 0.383 e. The minimum Gasteiger partial charge on any atom is -0.383 e. The Morgan fingerprint density at radius 1 is 1.07 bits per heavy atom. The third-order valence-electron chi connectivity index (χ3n) is 5.19. The molecule has 1 amide bonds. The lowest BCUT2D eigenvalue weighted by Crippen LogP contribution is -2.34. The van der Waals surface area contributed by atoms with Gasteiger partial charge in [-0.3, -0.25) is 4.79 Å². The average molecular weight is 362 g/mol. The second-order valence-electron chi connectivity index (χ2n) is 7.32. The predicted octanol–water partition coefficient (Wildman–Crippen LogP) is 3.69. The number of carbonyl (C=O) groups is 1. The molecule has 2 heterocycles. The van der Waals surface area contributed by atoms with E-state index in [1.807, 2.05) is 62.4 Å². The van der Waals surface area contributed by atoms with E-state index in [0.29, 0.717) is 18.7 Å². The Hall–Kier alpha value is -2.92. The summed E-state index contributed by atoms with van der Waals surface area (Å²) >= 11 is 0. The van der Waals surface area contributed by atoms with Crippen LogP contribution < -0.4 is 0 Å². The van der Waals surface area contributed by atoms with E-state index in [4.69, 9.17) is 4.52 Å². The Labute approximate surface area is 158 Å². The SMILES string of the molecule is Cc1ccc(-c2cc(C(=O)N3CC[C@@](O)(c4ccc(C)cc4)C3)no2)cc1. The fourth-order valence-corrected chi connectivity index (χ4v) is 3.46. The lowest BCUT2D eigenvalue weighted by molar-refractivity contribution is 0.0414. The predicted molar refractivity (Wildman–Crippen MR) is 102 cm³/mol. The molecule has 0 saturated carbocycles. The van der Waals surface area contributed by atoms with Crippen LogP contribution in [0.2, 0.25) is 0 Å². The number of β-amino-alcohol motifs (C(OH)–C–C–N with tert-alkyl or cyclic N) is 1. The second-order valence-corrected chi connectivity index (χ2v) is 7.32. The molecular formula is C22H22N2O3. The number of carbonyl (C=O) groups excluding carboxylic acids is 1. The van der Waals surface area contributed by atoms with Gasteiger partial charge >= 0.3 is 0 Å². The summed E-state index contributed by atoms with van der Waals surface area (Å²) in [5.74, 6) is 0.339. The van der Waals surface area contributed by atoms with Crippen molar-refractivity contribution in [1.82, 2.24) is 10.1 Å². The van der Waals surface area contributed by atoms with Crippen molar-refractivity contribution in [2.24, 2.45) is 0 Å². The minimum atomic E-state index is -1.02. The summed E-state index contributed by atoms with van der Waals surface area (Å²) in [5, 5.41) is 14.9. The first-order valence-electron chi connectivity index (χ1n) is 9.07. The topological polar surface area (TPSA) is 66.6 Å². The molecule has 1 aliphatic rings. The van der Waals surface area contributed by atoms with Gasteiger partial charge < -0.3 is 14.5 Å². The van der Waals surface area contributed by atoms with Crippen molar-refractivity contribution in [2.45, 2.75) is 25.9 Å². The zero-order valence-electron chi connectivity index (χ0n) is 15.5. The molecule has 138 valence electrons. The maximum absolute atomic E-state index is 12.8. The Morgan fingerprint density at radius 3 is 2.37 bits per heavy atom. The highest BCUT2D eigenvalue weighted by molar-refractivity contribution is 5.93. The van der Waals surface area contributed by atoms with E-state index in [2.05, 4.69) is 5.16 Å². The Kier molecular flexibility index (Phi) is 4.32. The third-order valence-corrected chi connectivity index (χ3v) is 5.19. The van der Waals surface area contributed by atoms with Crippen molar-refractivity contribution >= 4 is 5.91 Å². The van der Waals surface area contributed by atoms with Crippen molar-refractivity contribution in [3.63, 3.8) is 0 Å². The summed E-state index contributed by atoms with van der Waals surface area (Å²) in [4.78, 5) is 14.4. The summed E-state index contributed by atoms with van der Waals surface area (Å²) in [6.07, 6.45) is 0.504. The molecule has 1 saturated heterocycles. The van der Waals surface area contributed by atoms with Gasteiger partial charge in [0.05, 0.1) is 6.54 Å². The van der Waals surface area contributed by atoms with Gasteiger partial charge in [-0.25, -0.2) is 0 Å². The van der Waals surface area contributed by atoms with Crippen LogP contribution in [0.25, 0.3) is 11.3 Å². The van der Waals surface area contributed by atoms with Crippen LogP contribution in [-0.2, 0) is 5.60 Å². The fourth-order valence-electron chi connectivity index (χ4n) is 3.46. The van der Waals surface area contributed by atoms with Gasteiger partial charge in [0, 0.05) is 18.2 Å². The summed E-state index contributed by atoms with van der Waals surface area (Å²) in [5.41, 5.74) is 3.25. The van der Waals surface area contributed by atoms with Crippen molar-refractivity contribution in [3.05, 3.63) is 77.0 Å². The first-order chi connectivity index (χ1) is 12.9. The number of aliphatic hydroxyl groups is 1. The van der Waals surface area contributed by atoms with E-state index in [0.717, 1.165) is 22.3 Å². The van der Waals surface area contributed by atoms with E-state index in [9.17, 15) is 9.90 Å². The molecule has 5 heteroatoms. The quantitative estimate of drug-likeness (QED) is 0.772. The lowest BCUT2D eigenvalue weighted by atomic mass is 9.92. The zero-order chi connectivity index (χ0) is 19.0. The molecular weight excluding hydrogens is 340 g/mol. The molecule has 0 bridgehead atoms. The number of benzene rings is 2. The number of rotatable bonds is 3. The van der Waals surface area contributed by atoms with Crippen molar-refractivity contribution in [2.75, 3.05) is 13.1 Å². The third kappa shape index (κ3) is 3.38. The standard InChI is InChI=1S/C22H22N2O3/c1-15-3-7-17(8-4-15)20-13-19(23-27-20)21(25)24-12-11-22(26,14-24)18-9-5-16(2)6-10-18/h3-10,13,26H,11-12,14H2,1-2H3/t22-/m0/s1. The lowest BCUT2D eigenvalue weighted by Gasteiger charge is -2.23. The van der Waals surface area contributed by atoms with E-state index >= 15 is 0 Å². The van der Waals surface area contributed by atoms with Gasteiger partial charge in [0.2, 0.25) is 0 Å². The monoisotopic (exact) mass is 362 g/mol. The van der Waals surface area contributed by atoms with Crippen LogP contribution in [0.4, 0.5) is 0 Å². The summed E-state index contributed by atoms with van der Waals surface area (Å²) < 4.78 is 5.36. The van der Waals surface area contributed by atoms with Gasteiger partial charge in [-0.1, -0.05) is 64.8 Å². The van der Waals surface area contributed by atoms with Crippen molar-refractivity contribution < 1.29 is 14.4 Å². The van der Waals surface area contributed by atoms with Crippen LogP contribution in [0.15, 0.2) is 59.1 Å². The molecule has 1 N–H and O–H groups in total. The van der Waals surface area contributed by atoms with E-state index in [1.54, 1.807) is 11.0 Å². The average Bonchev–Trinajstić information content (AvgIpc) is 3.30. The number of aromatic nitrogens is 1. The highest BCUT2D eigenvalue weighted by Crippen LogP contribution is 2.33. The van der Waals surface area contributed by atoms with Crippen LogP contribution in [0, 0.1) is 13.8 Å². The maximum Gasteiger partial charge on any atom is 0.276 e. The fraction of sp³-hybridized carbons (Fsp3) is 0.273. The number of aryl methyl sites for hydroxylation is 2. The zero-order valence-corrected chi connectivity index (χ0v) is 15.5. The molecule has 3 aromatic rings. The van der Waals surface area contributed by atoms with Crippen molar-refractivity contribution in [3.8, 4) is 11.3 Å². The Bertz CT molecular complexity index is 960. The molecule has 2 aromatic carbocycles. The minimum absolute atomic E-state index is 0.222. The number of nitrogens with zero attached hydrogens (tertiary/aromatic N) is 2. The highest BCUT2D eigenvalue weighted by Gasteiger charge is 2.40. The maximum atomic E-state index is 12.8. The highest BCUT2D eigenvalue weighted by atomic mass is 16.5. The molecule has 1 fully saturated rings. The summed E-state index contributed by atoms with van der Waals surface area (Å²) in [7, 11) is 0. The van der Waals surface area contributed by atoms with Gasteiger partial charge in [-0.05, 0) is 25.8 Å². The molecule has 0 aliphatic carbocycles. The molecule has 1 atom stereocenters. The molecule has 5 nitrogen and oxygen atoms in total. The molecule has 0 spiro atoms. The summed E-state index contributed by atoms with van der Waals surface area (Å²) in [6, 6.07) is 17.3. The number of hydrogen-bond donors (Lipinski definition) is 1. The van der Waals surface area contributed by atoms with Crippen LogP contribution in [0.5, 0.6) is 0 Å². The van der Waals surface area contributed by atoms with E-state index < -0.39 is 5.60 Å². The Morgan fingerprint density at radius 2 is 1.70 bits per heavy atom. The first-order valence-corrected chi connectivity index (χ1v) is 9.07. The van der Waals surface area contributed by atoms with Gasteiger partial charge in [-0.15, -0.1) is 0 Å². The molecule has 1 aromatic heterocycles. The number of hydrogen-bond acceptors (Lipinski definition) is 4. The van der Waals surface area contributed by atoms with Gasteiger partial charge in [0.15, 0.2) is 11.5 Å². The van der Waals surface area contributed by atoms with Crippen LogP contribution in [0.3, 0.4) is 0 Å². The van der Waals surface area contributed by atoms with Gasteiger partial charge in [0.1, 0.15) is 5.60 Å². The number of amides is 1. The Balaban J connectivity index is 1.51. The molecule has 4 rings (SSSR count). The second kappa shape index (κ2) is 6.67. The van der Waals surface area contributed by atoms with Crippen LogP contribution >= 0.6 is 0 Å². The normalized spacial score (nSPS) is 19.4. The van der Waals surface area contributed by atoms with Crippen LogP contribution in [0.1, 0.15) is 33.6 Å².